The van der Waals surface area contributed by atoms with E-state index in [-0.39, 0.29) is 35.2 Å². The minimum Gasteiger partial charge on any atom is -0.459 e. The molecule has 1 aromatic carbocycles. The molecule has 6 heteroatoms. The molecule has 122 valence electrons. The molecule has 2 fully saturated rings. The summed E-state index contributed by atoms with van der Waals surface area (Å²) in [5.74, 6) is 0.253. The molecule has 5 atom stereocenters. The predicted molar refractivity (Wildman–Crippen MR) is 81.9 cm³/mol. The number of cyclic esters (lactones) is 1. The summed E-state index contributed by atoms with van der Waals surface area (Å²) in [6.45, 7) is 1.78. The maximum atomic E-state index is 12.3. The lowest BCUT2D eigenvalue weighted by molar-refractivity contribution is -0.146. The maximum absolute atomic E-state index is 12.3. The highest BCUT2D eigenvalue weighted by Gasteiger charge is 2.57. The monoisotopic (exact) mass is 334 g/mol. The molecule has 4 rings (SSSR count). The molecule has 0 aromatic heterocycles. The molecule has 23 heavy (non-hydrogen) atoms. The third-order valence-corrected chi connectivity index (χ3v) is 6.48. The Balaban J connectivity index is 1.48. The molecule has 0 spiro atoms. The Kier molecular flexibility index (Phi) is 3.35. The van der Waals surface area contributed by atoms with Gasteiger partial charge in [-0.3, -0.25) is 8.98 Å². The molecular weight excluding hydrogens is 316 g/mol. The largest absolute Gasteiger partial charge is 0.459 e. The minimum atomic E-state index is -3.83. The summed E-state index contributed by atoms with van der Waals surface area (Å²) in [6, 6.07) is 6.49. The van der Waals surface area contributed by atoms with Gasteiger partial charge in [0.2, 0.25) is 0 Å². The second kappa shape index (κ2) is 5.18. The number of rotatable bonds is 4. The SMILES string of the molecule is Cc1ccc(S(=O)(=O)OC[C@H]2OC(=O)[C@H]3[C@@H]2[C@H]2C=C[C@@H]3C2)cc1. The van der Waals surface area contributed by atoms with Crippen molar-refractivity contribution in [2.45, 2.75) is 24.3 Å². The summed E-state index contributed by atoms with van der Waals surface area (Å²) in [4.78, 5) is 12.1. The summed E-state index contributed by atoms with van der Waals surface area (Å²) in [6.07, 6.45) is 4.69. The van der Waals surface area contributed by atoms with E-state index in [0.29, 0.717) is 5.92 Å². The van der Waals surface area contributed by atoms with Crippen LogP contribution in [-0.4, -0.2) is 27.1 Å². The fraction of sp³-hybridized carbons (Fsp3) is 0.471. The molecule has 1 saturated carbocycles. The van der Waals surface area contributed by atoms with Crippen molar-refractivity contribution in [1.29, 1.82) is 0 Å². The van der Waals surface area contributed by atoms with Crippen LogP contribution in [0.25, 0.3) is 0 Å². The standard InChI is InChI=1S/C17H18O5S/c1-10-2-6-13(7-3-10)23(19,20)21-9-14-15-11-4-5-12(8-11)16(15)17(18)22-14/h2-7,11-12,14-16H,8-9H2,1H3/t11-,12+,14+,15+,16+/m0/s1. The zero-order valence-electron chi connectivity index (χ0n) is 12.7. The van der Waals surface area contributed by atoms with Crippen LogP contribution in [0.2, 0.25) is 0 Å². The molecule has 0 N–H and O–H groups in total. The average molecular weight is 334 g/mol. The van der Waals surface area contributed by atoms with E-state index in [0.717, 1.165) is 12.0 Å². The van der Waals surface area contributed by atoms with Crippen LogP contribution >= 0.6 is 0 Å². The van der Waals surface area contributed by atoms with Crippen molar-refractivity contribution in [2.75, 3.05) is 6.61 Å². The maximum Gasteiger partial charge on any atom is 0.310 e. The molecule has 5 nitrogen and oxygen atoms in total. The zero-order chi connectivity index (χ0) is 16.2. The van der Waals surface area contributed by atoms with Crippen LogP contribution in [0.1, 0.15) is 12.0 Å². The molecule has 2 aliphatic carbocycles. The number of carbonyl (C=O) groups is 1. The van der Waals surface area contributed by atoms with Crippen molar-refractivity contribution < 1.29 is 22.1 Å². The third kappa shape index (κ3) is 2.40. The number of esters is 1. The minimum absolute atomic E-state index is 0.0470. The van der Waals surface area contributed by atoms with Crippen LogP contribution in [0.15, 0.2) is 41.3 Å². The molecule has 0 radical (unpaired) electrons. The van der Waals surface area contributed by atoms with Crippen LogP contribution in [0.5, 0.6) is 0 Å². The molecule has 0 amide bonds. The molecular formula is C17H18O5S. The first-order valence-electron chi connectivity index (χ1n) is 7.80. The molecule has 1 heterocycles. The smallest absolute Gasteiger partial charge is 0.310 e. The van der Waals surface area contributed by atoms with E-state index in [9.17, 15) is 13.2 Å². The lowest BCUT2D eigenvalue weighted by Crippen LogP contribution is -2.29. The van der Waals surface area contributed by atoms with E-state index >= 15 is 0 Å². The van der Waals surface area contributed by atoms with Crippen molar-refractivity contribution in [2.24, 2.45) is 23.7 Å². The van der Waals surface area contributed by atoms with Crippen LogP contribution in [0.4, 0.5) is 0 Å². The lowest BCUT2D eigenvalue weighted by Gasteiger charge is -2.21. The first-order valence-corrected chi connectivity index (χ1v) is 9.21. The Labute approximate surface area is 135 Å². The normalized spacial score (nSPS) is 34.7. The second-order valence-electron chi connectivity index (χ2n) is 6.58. The Morgan fingerprint density at radius 3 is 2.61 bits per heavy atom. The molecule has 1 aliphatic heterocycles. The summed E-state index contributed by atoms with van der Waals surface area (Å²) < 4.78 is 35.1. The van der Waals surface area contributed by atoms with Gasteiger partial charge in [-0.1, -0.05) is 29.8 Å². The number of ether oxygens (including phenoxy) is 1. The fourth-order valence-electron chi connectivity index (χ4n) is 4.08. The van der Waals surface area contributed by atoms with Crippen LogP contribution in [0.3, 0.4) is 0 Å². The summed E-state index contributed by atoms with van der Waals surface area (Å²) in [7, 11) is -3.83. The van der Waals surface area contributed by atoms with Gasteiger partial charge in [-0.25, -0.2) is 0 Å². The van der Waals surface area contributed by atoms with Crippen molar-refractivity contribution in [3.63, 3.8) is 0 Å². The number of allylic oxidation sites excluding steroid dienone is 2. The van der Waals surface area contributed by atoms with Crippen LogP contribution in [0, 0.1) is 30.6 Å². The zero-order valence-corrected chi connectivity index (χ0v) is 13.5. The number of fused-ring (bicyclic) bond motifs is 5. The van der Waals surface area contributed by atoms with Gasteiger partial charge in [-0.05, 0) is 37.3 Å². The molecule has 1 saturated heterocycles. The summed E-state index contributed by atoms with van der Waals surface area (Å²) in [5.41, 5.74) is 0.977. The van der Waals surface area contributed by atoms with Gasteiger partial charge in [0, 0.05) is 5.92 Å². The Morgan fingerprint density at radius 2 is 1.87 bits per heavy atom. The van der Waals surface area contributed by atoms with E-state index in [4.69, 9.17) is 8.92 Å². The van der Waals surface area contributed by atoms with Crippen molar-refractivity contribution in [3.8, 4) is 0 Å². The highest BCUT2D eigenvalue weighted by Crippen LogP contribution is 2.53. The molecule has 2 bridgehead atoms. The Hall–Kier alpha value is -1.66. The number of hydrogen-bond donors (Lipinski definition) is 0. The van der Waals surface area contributed by atoms with Gasteiger partial charge in [-0.2, -0.15) is 8.42 Å². The van der Waals surface area contributed by atoms with Gasteiger partial charge in [0.05, 0.1) is 10.8 Å². The highest BCUT2D eigenvalue weighted by molar-refractivity contribution is 7.86. The van der Waals surface area contributed by atoms with Gasteiger partial charge in [-0.15, -0.1) is 0 Å². The van der Waals surface area contributed by atoms with E-state index in [2.05, 4.69) is 12.2 Å². The predicted octanol–water partition coefficient (Wildman–Crippen LogP) is 2.06. The number of hydrogen-bond acceptors (Lipinski definition) is 5. The highest BCUT2D eigenvalue weighted by atomic mass is 32.2. The van der Waals surface area contributed by atoms with E-state index in [1.54, 1.807) is 12.1 Å². The second-order valence-corrected chi connectivity index (χ2v) is 8.19. The average Bonchev–Trinajstić information content (AvgIpc) is 3.19. The molecule has 3 aliphatic rings. The molecule has 0 unspecified atom stereocenters. The number of aryl methyl sites for hydroxylation is 1. The Bertz CT molecular complexity index is 765. The topological polar surface area (TPSA) is 69.7 Å². The summed E-state index contributed by atoms with van der Waals surface area (Å²) >= 11 is 0. The quantitative estimate of drug-likeness (QED) is 0.479. The third-order valence-electron chi connectivity index (χ3n) is 5.19. The first-order chi connectivity index (χ1) is 11.0. The van der Waals surface area contributed by atoms with Crippen molar-refractivity contribution in [3.05, 3.63) is 42.0 Å². The number of carbonyl (C=O) groups excluding carboxylic acids is 1. The first kappa shape index (κ1) is 14.9. The van der Waals surface area contributed by atoms with E-state index < -0.39 is 16.2 Å². The van der Waals surface area contributed by atoms with Crippen LogP contribution in [-0.2, 0) is 23.8 Å². The lowest BCUT2D eigenvalue weighted by atomic mass is 9.82. The van der Waals surface area contributed by atoms with Crippen LogP contribution < -0.4 is 0 Å². The van der Waals surface area contributed by atoms with Gasteiger partial charge in [0.1, 0.15) is 12.7 Å². The van der Waals surface area contributed by atoms with E-state index in [1.807, 2.05) is 6.92 Å². The summed E-state index contributed by atoms with van der Waals surface area (Å²) in [5, 5.41) is 0. The van der Waals surface area contributed by atoms with E-state index in [1.165, 1.54) is 12.1 Å². The van der Waals surface area contributed by atoms with Crippen molar-refractivity contribution >= 4 is 16.1 Å². The van der Waals surface area contributed by atoms with Gasteiger partial charge in [0.25, 0.3) is 10.1 Å². The van der Waals surface area contributed by atoms with Crippen molar-refractivity contribution in [1.82, 2.24) is 0 Å². The molecule has 1 aromatic rings. The van der Waals surface area contributed by atoms with Gasteiger partial charge >= 0.3 is 5.97 Å². The number of benzene rings is 1. The van der Waals surface area contributed by atoms with Gasteiger partial charge < -0.3 is 4.74 Å². The fourth-order valence-corrected chi connectivity index (χ4v) is 5.00. The Morgan fingerprint density at radius 1 is 1.17 bits per heavy atom. The van der Waals surface area contributed by atoms with Gasteiger partial charge in [0.15, 0.2) is 0 Å².